The zero-order valence-electron chi connectivity index (χ0n) is 11.6. The second-order valence-electron chi connectivity index (χ2n) is 5.67. The Morgan fingerprint density at radius 1 is 1.20 bits per heavy atom. The fourth-order valence-corrected chi connectivity index (χ4v) is 2.34. The normalized spacial score (nSPS) is 17.2. The van der Waals surface area contributed by atoms with Crippen molar-refractivity contribution in [1.29, 1.82) is 0 Å². The third-order valence-corrected chi connectivity index (χ3v) is 3.64. The minimum Gasteiger partial charge on any atom is -0.385 e. The molecule has 0 heterocycles. The second-order valence-corrected chi connectivity index (χ2v) is 5.67. The standard InChI is InChI=1S/C15H20F3NO/c1-20-6-2-3-11-7-12(10-14(19)4-5-14)9-13(8-11)15(16,17)18/h7-9H,2-6,10,19H2,1H3. The molecule has 1 aliphatic carbocycles. The molecule has 0 aliphatic heterocycles. The smallest absolute Gasteiger partial charge is 0.385 e. The van der Waals surface area contributed by atoms with Gasteiger partial charge in [-0.1, -0.05) is 6.07 Å². The fourth-order valence-electron chi connectivity index (χ4n) is 2.34. The van der Waals surface area contributed by atoms with Gasteiger partial charge >= 0.3 is 6.18 Å². The summed E-state index contributed by atoms with van der Waals surface area (Å²) in [5, 5.41) is 0. The average molecular weight is 287 g/mol. The molecule has 5 heteroatoms. The minimum atomic E-state index is -4.31. The van der Waals surface area contributed by atoms with Crippen LogP contribution in [0.1, 0.15) is 36.0 Å². The predicted molar refractivity (Wildman–Crippen MR) is 71.5 cm³/mol. The quantitative estimate of drug-likeness (QED) is 0.815. The lowest BCUT2D eigenvalue weighted by Gasteiger charge is -2.14. The molecule has 0 atom stereocenters. The maximum atomic E-state index is 12.9. The highest BCUT2D eigenvalue weighted by molar-refractivity contribution is 5.34. The molecule has 2 rings (SSSR count). The number of hydrogen-bond acceptors (Lipinski definition) is 2. The van der Waals surface area contributed by atoms with E-state index in [2.05, 4.69) is 0 Å². The first kappa shape index (κ1) is 15.3. The van der Waals surface area contributed by atoms with Gasteiger partial charge in [-0.3, -0.25) is 0 Å². The zero-order valence-corrected chi connectivity index (χ0v) is 11.6. The molecule has 0 spiro atoms. The van der Waals surface area contributed by atoms with Crippen LogP contribution < -0.4 is 5.73 Å². The molecule has 0 saturated heterocycles. The van der Waals surface area contributed by atoms with Gasteiger partial charge in [0.25, 0.3) is 0 Å². The van der Waals surface area contributed by atoms with Crippen LogP contribution in [0.2, 0.25) is 0 Å². The Balaban J connectivity index is 2.19. The third-order valence-electron chi connectivity index (χ3n) is 3.64. The Bertz CT molecular complexity index is 467. The van der Waals surface area contributed by atoms with Gasteiger partial charge in [-0.25, -0.2) is 0 Å². The summed E-state index contributed by atoms with van der Waals surface area (Å²) in [5.74, 6) is 0. The van der Waals surface area contributed by atoms with Crippen molar-refractivity contribution >= 4 is 0 Å². The van der Waals surface area contributed by atoms with E-state index in [0.717, 1.165) is 12.8 Å². The van der Waals surface area contributed by atoms with Crippen molar-refractivity contribution in [2.24, 2.45) is 5.73 Å². The molecule has 1 aromatic rings. The number of hydrogen-bond donors (Lipinski definition) is 1. The van der Waals surface area contributed by atoms with Crippen LogP contribution in [-0.4, -0.2) is 19.3 Å². The SMILES string of the molecule is COCCCc1cc(CC2(N)CC2)cc(C(F)(F)F)c1. The first-order chi connectivity index (χ1) is 9.32. The van der Waals surface area contributed by atoms with E-state index in [4.69, 9.17) is 10.5 Å². The van der Waals surface area contributed by atoms with Gasteiger partial charge in [0.2, 0.25) is 0 Å². The lowest BCUT2D eigenvalue weighted by Crippen LogP contribution is -2.24. The maximum Gasteiger partial charge on any atom is 0.416 e. The Labute approximate surface area is 117 Å². The first-order valence-corrected chi connectivity index (χ1v) is 6.80. The molecular formula is C15H20F3NO. The van der Waals surface area contributed by atoms with E-state index in [1.54, 1.807) is 7.11 Å². The number of benzene rings is 1. The van der Waals surface area contributed by atoms with Gasteiger partial charge in [0.15, 0.2) is 0 Å². The van der Waals surface area contributed by atoms with Crippen LogP contribution in [0, 0.1) is 0 Å². The molecule has 0 aromatic heterocycles. The molecule has 0 radical (unpaired) electrons. The van der Waals surface area contributed by atoms with E-state index in [-0.39, 0.29) is 5.54 Å². The van der Waals surface area contributed by atoms with Gasteiger partial charge in [0, 0.05) is 19.3 Å². The lowest BCUT2D eigenvalue weighted by atomic mass is 9.97. The molecular weight excluding hydrogens is 267 g/mol. The van der Waals surface area contributed by atoms with Gasteiger partial charge in [0.1, 0.15) is 0 Å². The van der Waals surface area contributed by atoms with Crippen molar-refractivity contribution in [1.82, 2.24) is 0 Å². The molecule has 1 fully saturated rings. The van der Waals surface area contributed by atoms with Gasteiger partial charge in [0.05, 0.1) is 5.56 Å². The van der Waals surface area contributed by atoms with E-state index in [9.17, 15) is 13.2 Å². The maximum absolute atomic E-state index is 12.9. The van der Waals surface area contributed by atoms with Crippen LogP contribution >= 0.6 is 0 Å². The topological polar surface area (TPSA) is 35.2 Å². The highest BCUT2D eigenvalue weighted by Gasteiger charge is 2.39. The van der Waals surface area contributed by atoms with Crippen molar-refractivity contribution in [3.8, 4) is 0 Å². The van der Waals surface area contributed by atoms with E-state index in [1.807, 2.05) is 6.07 Å². The summed E-state index contributed by atoms with van der Waals surface area (Å²) in [5.41, 5.74) is 6.54. The number of halogens is 3. The molecule has 1 aromatic carbocycles. The Kier molecular flexibility index (Phi) is 4.39. The molecule has 1 aliphatic rings. The number of rotatable bonds is 6. The summed E-state index contributed by atoms with van der Waals surface area (Å²) in [7, 11) is 1.59. The van der Waals surface area contributed by atoms with Crippen molar-refractivity contribution < 1.29 is 17.9 Å². The highest BCUT2D eigenvalue weighted by Crippen LogP contribution is 2.37. The van der Waals surface area contributed by atoms with Crippen LogP contribution in [0.4, 0.5) is 13.2 Å². The predicted octanol–water partition coefficient (Wildman–Crippen LogP) is 3.32. The fraction of sp³-hybridized carbons (Fsp3) is 0.600. The van der Waals surface area contributed by atoms with Crippen molar-refractivity contribution in [2.75, 3.05) is 13.7 Å². The Morgan fingerprint density at radius 3 is 2.40 bits per heavy atom. The zero-order chi connectivity index (χ0) is 14.8. The highest BCUT2D eigenvalue weighted by atomic mass is 19.4. The number of methoxy groups -OCH3 is 1. The monoisotopic (exact) mass is 287 g/mol. The summed E-state index contributed by atoms with van der Waals surface area (Å²) in [6, 6.07) is 4.31. The van der Waals surface area contributed by atoms with Crippen LogP contribution in [0.25, 0.3) is 0 Å². The molecule has 0 bridgehead atoms. The molecule has 112 valence electrons. The van der Waals surface area contributed by atoms with Gasteiger partial charge < -0.3 is 10.5 Å². The van der Waals surface area contributed by atoms with Crippen LogP contribution in [0.3, 0.4) is 0 Å². The molecule has 1 saturated carbocycles. The summed E-state index contributed by atoms with van der Waals surface area (Å²) < 4.78 is 43.7. The Hall–Kier alpha value is -1.07. The van der Waals surface area contributed by atoms with E-state index in [1.165, 1.54) is 12.1 Å². The van der Waals surface area contributed by atoms with Gasteiger partial charge in [-0.05, 0) is 55.4 Å². The lowest BCUT2D eigenvalue weighted by molar-refractivity contribution is -0.137. The largest absolute Gasteiger partial charge is 0.416 e. The first-order valence-electron chi connectivity index (χ1n) is 6.80. The van der Waals surface area contributed by atoms with Crippen LogP contribution in [0.5, 0.6) is 0 Å². The van der Waals surface area contributed by atoms with E-state index in [0.29, 0.717) is 37.0 Å². The molecule has 0 amide bonds. The van der Waals surface area contributed by atoms with Gasteiger partial charge in [-0.2, -0.15) is 13.2 Å². The number of aryl methyl sites for hydroxylation is 1. The average Bonchev–Trinajstić information content (AvgIpc) is 3.05. The van der Waals surface area contributed by atoms with Crippen molar-refractivity contribution in [2.45, 2.75) is 43.8 Å². The van der Waals surface area contributed by atoms with E-state index >= 15 is 0 Å². The number of alkyl halides is 3. The third kappa shape index (κ3) is 4.21. The summed E-state index contributed by atoms with van der Waals surface area (Å²) in [6.45, 7) is 0.548. The molecule has 2 nitrogen and oxygen atoms in total. The minimum absolute atomic E-state index is 0.284. The van der Waals surface area contributed by atoms with Crippen LogP contribution in [0.15, 0.2) is 18.2 Å². The molecule has 2 N–H and O–H groups in total. The summed E-state index contributed by atoms with van der Waals surface area (Å²) in [4.78, 5) is 0. The van der Waals surface area contributed by atoms with Crippen LogP contribution in [-0.2, 0) is 23.8 Å². The summed E-state index contributed by atoms with van der Waals surface area (Å²) >= 11 is 0. The van der Waals surface area contributed by atoms with Crippen molar-refractivity contribution in [3.63, 3.8) is 0 Å². The van der Waals surface area contributed by atoms with Gasteiger partial charge in [-0.15, -0.1) is 0 Å². The number of ether oxygens (including phenoxy) is 1. The van der Waals surface area contributed by atoms with Crippen molar-refractivity contribution in [3.05, 3.63) is 34.9 Å². The Morgan fingerprint density at radius 2 is 1.85 bits per heavy atom. The molecule has 20 heavy (non-hydrogen) atoms. The molecule has 0 unspecified atom stereocenters. The summed E-state index contributed by atoms with van der Waals surface area (Å²) in [6.07, 6.45) is -0.705. The number of nitrogens with two attached hydrogens (primary N) is 1. The van der Waals surface area contributed by atoms with E-state index < -0.39 is 11.7 Å². The second kappa shape index (κ2) is 5.74.